The van der Waals surface area contributed by atoms with E-state index >= 15 is 0 Å². The molecule has 17 unspecified atom stereocenters. The molecule has 0 aromatic heterocycles. The van der Waals surface area contributed by atoms with Crippen LogP contribution in [-0.4, -0.2) is 193 Å². The molecular formula is C90H159NO18. The summed E-state index contributed by atoms with van der Waals surface area (Å²) in [6, 6.07) is -0.981. The SMILES string of the molecule is CC/C=C\C/C=C\C/C=C\C/C=C\C/C=C\C/C=C\C/C=C\CCCCCCCCCCCCCCCC(=O)NC(COC1OC(CO)C(OC2OC(CO)C(OC3OC(CO)C(O)C(O)C3O)C(O)C2O)C(O)C1O)C(O)/C=C/CCCCCCCCCCCCCCCCCCCCCCCCCCCCC. The molecule has 0 spiro atoms. The highest BCUT2D eigenvalue weighted by Crippen LogP contribution is 2.33. The van der Waals surface area contributed by atoms with Crippen molar-refractivity contribution in [3.8, 4) is 0 Å². The van der Waals surface area contributed by atoms with Crippen molar-refractivity contribution in [2.24, 2.45) is 0 Å². The zero-order chi connectivity index (χ0) is 78.8. The number of rotatable bonds is 70. The summed E-state index contributed by atoms with van der Waals surface area (Å²) in [4.78, 5) is 13.5. The van der Waals surface area contributed by atoms with Gasteiger partial charge < -0.3 is 89.9 Å². The zero-order valence-corrected chi connectivity index (χ0v) is 68.0. The predicted molar refractivity (Wildman–Crippen MR) is 438 cm³/mol. The highest BCUT2D eigenvalue weighted by Gasteiger charge is 2.54. The average Bonchev–Trinajstić information content (AvgIpc) is 0.749. The lowest BCUT2D eigenvalue weighted by Gasteiger charge is -2.48. The molecule has 17 atom stereocenters. The second-order valence-corrected chi connectivity index (χ2v) is 31.0. The summed E-state index contributed by atoms with van der Waals surface area (Å²) in [6.07, 6.45) is 68.2. The van der Waals surface area contributed by atoms with Gasteiger partial charge in [-0.15, -0.1) is 0 Å². The van der Waals surface area contributed by atoms with Crippen LogP contribution in [0, 0.1) is 0 Å². The maximum absolute atomic E-state index is 13.5. The number of hydrogen-bond acceptors (Lipinski definition) is 18. The van der Waals surface area contributed by atoms with Gasteiger partial charge in [0, 0.05) is 6.42 Å². The third-order valence-electron chi connectivity index (χ3n) is 21.4. The minimum absolute atomic E-state index is 0.238. The van der Waals surface area contributed by atoms with Crippen LogP contribution in [-0.2, 0) is 33.2 Å². The fourth-order valence-electron chi connectivity index (χ4n) is 14.4. The lowest BCUT2D eigenvalue weighted by atomic mass is 9.96. The highest BCUT2D eigenvalue weighted by atomic mass is 16.8. The van der Waals surface area contributed by atoms with Crippen molar-refractivity contribution in [3.63, 3.8) is 0 Å². The molecule has 3 aliphatic rings. The van der Waals surface area contributed by atoms with Gasteiger partial charge in [-0.25, -0.2) is 0 Å². The fourth-order valence-corrected chi connectivity index (χ4v) is 14.4. The smallest absolute Gasteiger partial charge is 0.220 e. The first-order valence-corrected chi connectivity index (χ1v) is 44.0. The highest BCUT2D eigenvalue weighted by molar-refractivity contribution is 5.76. The number of aliphatic hydroxyl groups is 11. The van der Waals surface area contributed by atoms with E-state index in [0.29, 0.717) is 6.42 Å². The molecule has 12 N–H and O–H groups in total. The Kier molecular flexibility index (Phi) is 63.3. The lowest BCUT2D eigenvalue weighted by Crippen LogP contribution is -2.66. The first-order chi connectivity index (χ1) is 53.3. The molecule has 0 bridgehead atoms. The molecule has 3 fully saturated rings. The summed E-state index contributed by atoms with van der Waals surface area (Å²) in [5.74, 6) is -0.276. The van der Waals surface area contributed by atoms with Crippen molar-refractivity contribution < 1.29 is 89.4 Å². The Morgan fingerprint density at radius 3 is 0.991 bits per heavy atom. The first-order valence-electron chi connectivity index (χ1n) is 44.0. The number of nitrogens with one attached hydrogen (secondary N) is 1. The molecule has 0 aromatic carbocycles. The number of ether oxygens (including phenoxy) is 6. The number of amides is 1. The zero-order valence-electron chi connectivity index (χ0n) is 68.0. The molecule has 3 rings (SSSR count). The predicted octanol–water partition coefficient (Wildman–Crippen LogP) is 16.3. The second kappa shape index (κ2) is 69.1. The summed E-state index contributed by atoms with van der Waals surface area (Å²) < 4.78 is 34.5. The summed E-state index contributed by atoms with van der Waals surface area (Å²) in [6.45, 7) is 1.66. The van der Waals surface area contributed by atoms with Crippen LogP contribution >= 0.6 is 0 Å². The minimum atomic E-state index is -1.98. The van der Waals surface area contributed by atoms with Gasteiger partial charge in [0.25, 0.3) is 0 Å². The van der Waals surface area contributed by atoms with E-state index in [0.717, 1.165) is 96.3 Å². The third kappa shape index (κ3) is 48.0. The Labute approximate surface area is 660 Å². The van der Waals surface area contributed by atoms with Gasteiger partial charge in [-0.2, -0.15) is 0 Å². The molecule has 0 aromatic rings. The number of hydrogen-bond donors (Lipinski definition) is 12. The van der Waals surface area contributed by atoms with Crippen LogP contribution in [0.5, 0.6) is 0 Å². The molecule has 19 nitrogen and oxygen atoms in total. The van der Waals surface area contributed by atoms with Crippen molar-refractivity contribution in [1.29, 1.82) is 0 Å². The van der Waals surface area contributed by atoms with Crippen LogP contribution in [0.2, 0.25) is 0 Å². The van der Waals surface area contributed by atoms with E-state index in [1.165, 1.54) is 212 Å². The molecule has 0 radical (unpaired) electrons. The van der Waals surface area contributed by atoms with Crippen LogP contribution in [0.4, 0.5) is 0 Å². The van der Waals surface area contributed by atoms with E-state index in [-0.39, 0.29) is 18.9 Å². The number of unbranched alkanes of at least 4 members (excludes halogenated alkanes) is 40. The van der Waals surface area contributed by atoms with Crippen LogP contribution in [0.15, 0.2) is 97.2 Å². The Hall–Kier alpha value is -3.29. The third-order valence-corrected chi connectivity index (χ3v) is 21.4. The molecule has 632 valence electrons. The first kappa shape index (κ1) is 99.9. The van der Waals surface area contributed by atoms with E-state index in [1.807, 2.05) is 6.08 Å². The second-order valence-electron chi connectivity index (χ2n) is 31.0. The molecular weight excluding hydrogens is 1380 g/mol. The number of carbonyl (C=O) groups is 1. The average molecular weight is 1540 g/mol. The van der Waals surface area contributed by atoms with E-state index in [4.69, 9.17) is 28.4 Å². The molecule has 0 aliphatic carbocycles. The fraction of sp³-hybridized carbons (Fsp3) is 0.811. The molecule has 0 saturated carbocycles. The lowest BCUT2D eigenvalue weighted by molar-refractivity contribution is -0.379. The van der Waals surface area contributed by atoms with E-state index in [1.54, 1.807) is 6.08 Å². The van der Waals surface area contributed by atoms with Gasteiger partial charge in [-0.1, -0.05) is 349 Å². The topological polar surface area (TPSA) is 307 Å². The summed E-state index contributed by atoms with van der Waals surface area (Å²) in [5.41, 5.74) is 0. The molecule has 3 heterocycles. The molecule has 109 heavy (non-hydrogen) atoms. The van der Waals surface area contributed by atoms with Crippen molar-refractivity contribution in [3.05, 3.63) is 97.2 Å². The van der Waals surface area contributed by atoms with Gasteiger partial charge in [0.1, 0.15) is 73.2 Å². The van der Waals surface area contributed by atoms with Crippen LogP contribution in [0.1, 0.15) is 335 Å². The maximum Gasteiger partial charge on any atom is 0.220 e. The van der Waals surface area contributed by atoms with E-state index in [9.17, 15) is 61.0 Å². The van der Waals surface area contributed by atoms with Crippen molar-refractivity contribution >= 4 is 5.91 Å². The van der Waals surface area contributed by atoms with E-state index in [2.05, 4.69) is 104 Å². The maximum atomic E-state index is 13.5. The Morgan fingerprint density at radius 1 is 0.339 bits per heavy atom. The van der Waals surface area contributed by atoms with Crippen LogP contribution in [0.25, 0.3) is 0 Å². The Balaban J connectivity index is 1.34. The minimum Gasteiger partial charge on any atom is -0.394 e. The molecule has 1 amide bonds. The van der Waals surface area contributed by atoms with Crippen LogP contribution < -0.4 is 5.32 Å². The van der Waals surface area contributed by atoms with Crippen molar-refractivity contribution in [1.82, 2.24) is 5.32 Å². The van der Waals surface area contributed by atoms with Gasteiger partial charge in [-0.05, 0) is 77.0 Å². The van der Waals surface area contributed by atoms with Gasteiger partial charge >= 0.3 is 0 Å². The quantitative estimate of drug-likeness (QED) is 0.0199. The molecule has 3 aliphatic heterocycles. The Bertz CT molecular complexity index is 2340. The van der Waals surface area contributed by atoms with Crippen molar-refractivity contribution in [2.75, 3.05) is 26.4 Å². The Morgan fingerprint density at radius 2 is 0.633 bits per heavy atom. The van der Waals surface area contributed by atoms with Gasteiger partial charge in [0.05, 0.1) is 38.6 Å². The normalized spacial score (nSPS) is 25.8. The van der Waals surface area contributed by atoms with Crippen LogP contribution in [0.3, 0.4) is 0 Å². The standard InChI is InChI=1S/C90H159NO18/c1-3-5-7-9-11-13-15-17-19-21-23-25-27-29-31-33-34-35-36-37-38-40-42-44-46-48-50-52-54-56-58-60-62-64-66-68-78(96)91-73(74(95)67-65-63-61-59-57-55-53-51-49-47-45-43-41-39-32-30-28-26-24-22-20-18-16-14-12-10-8-6-4-2)72-104-88-84(102)81(99)86(76(70-93)106-88)109-90-85(103)82(100)87(77(71-94)107-90)108-89-83(101)80(98)79(97)75(69-92)105-89/h5,7,11,13,17,19,23,25,29,31,34-35,37-38,65,67,73-77,79-90,92-95,97-103H,3-4,6,8-10,12,14-16,18,20-22,24,26-28,30,32-33,36,39-64,66,68-72H2,1-2H3,(H,91,96)/b7-5-,13-11-,19-17-,25-23-,31-29-,35-34-,38-37-,67-65+. The van der Waals surface area contributed by atoms with E-state index < -0.39 is 124 Å². The summed E-state index contributed by atoms with van der Waals surface area (Å²) in [5, 5.41) is 121. The molecule has 3 saturated heterocycles. The number of allylic oxidation sites excluding steroid dienone is 15. The largest absolute Gasteiger partial charge is 0.394 e. The number of carbonyl (C=O) groups excluding carboxylic acids is 1. The van der Waals surface area contributed by atoms with Gasteiger partial charge in [-0.3, -0.25) is 4.79 Å². The summed E-state index contributed by atoms with van der Waals surface area (Å²) in [7, 11) is 0. The van der Waals surface area contributed by atoms with Crippen molar-refractivity contribution in [2.45, 2.75) is 439 Å². The van der Waals surface area contributed by atoms with Gasteiger partial charge in [0.2, 0.25) is 5.91 Å². The molecule has 19 heteroatoms. The summed E-state index contributed by atoms with van der Waals surface area (Å²) >= 11 is 0. The monoisotopic (exact) mass is 1540 g/mol. The van der Waals surface area contributed by atoms with Gasteiger partial charge in [0.15, 0.2) is 18.9 Å². The number of aliphatic hydroxyl groups excluding tert-OH is 11.